The van der Waals surface area contributed by atoms with Crippen LogP contribution in [0.25, 0.3) is 77.2 Å². The fourth-order valence-electron chi connectivity index (χ4n) is 7.14. The number of aromatic nitrogens is 1. The van der Waals surface area contributed by atoms with E-state index in [1.807, 2.05) is 18.2 Å². The van der Waals surface area contributed by atoms with Crippen LogP contribution in [0, 0.1) is 0 Å². The predicted octanol–water partition coefficient (Wildman–Crippen LogP) is 12.8. The van der Waals surface area contributed by atoms with Crippen LogP contribution in [0.3, 0.4) is 0 Å². The maximum atomic E-state index is 6.55. The number of oxazole rings is 1. The minimum atomic E-state index is 0.605. The number of hydrogen-bond acceptors (Lipinski definition) is 4. The van der Waals surface area contributed by atoms with Crippen LogP contribution in [0.4, 0.5) is 17.1 Å². The summed E-state index contributed by atoms with van der Waals surface area (Å²) in [5, 5.41) is 6.69. The number of rotatable bonds is 5. The summed E-state index contributed by atoms with van der Waals surface area (Å²) in [6.07, 6.45) is 0. The van der Waals surface area contributed by atoms with Crippen molar-refractivity contribution in [1.82, 2.24) is 4.98 Å². The molecule has 2 aromatic heterocycles. The third-order valence-electron chi connectivity index (χ3n) is 9.49. The summed E-state index contributed by atoms with van der Waals surface area (Å²) in [5.74, 6) is 0.605. The highest BCUT2D eigenvalue weighted by Crippen LogP contribution is 2.41. The lowest BCUT2D eigenvalue weighted by atomic mass is 10.0. The van der Waals surface area contributed by atoms with Crippen LogP contribution in [0.1, 0.15) is 0 Å². The molecular weight excluding hydrogens is 601 g/mol. The van der Waals surface area contributed by atoms with E-state index < -0.39 is 0 Å². The molecule has 0 aliphatic heterocycles. The molecule has 0 N–H and O–H groups in total. The fourth-order valence-corrected chi connectivity index (χ4v) is 7.14. The lowest BCUT2D eigenvalue weighted by Gasteiger charge is -2.26. The van der Waals surface area contributed by atoms with Gasteiger partial charge in [0, 0.05) is 44.2 Å². The second kappa shape index (κ2) is 11.0. The van der Waals surface area contributed by atoms with E-state index in [9.17, 15) is 0 Å². The molecule has 0 bridgehead atoms. The summed E-state index contributed by atoms with van der Waals surface area (Å²) in [5.41, 5.74) is 9.86. The van der Waals surface area contributed by atoms with E-state index in [0.29, 0.717) is 5.89 Å². The van der Waals surface area contributed by atoms with Crippen molar-refractivity contribution in [2.75, 3.05) is 4.90 Å². The summed E-state index contributed by atoms with van der Waals surface area (Å²) in [6.45, 7) is 0. The summed E-state index contributed by atoms with van der Waals surface area (Å²) in [4.78, 5) is 7.34. The van der Waals surface area contributed by atoms with E-state index in [-0.39, 0.29) is 0 Å². The van der Waals surface area contributed by atoms with Crippen molar-refractivity contribution in [3.8, 4) is 22.6 Å². The van der Waals surface area contributed by atoms with Crippen LogP contribution in [0.2, 0.25) is 0 Å². The molecule has 0 unspecified atom stereocenters. The summed E-state index contributed by atoms with van der Waals surface area (Å²) in [6, 6.07) is 59.1. The Morgan fingerprint density at radius 2 is 0.898 bits per heavy atom. The molecule has 0 saturated carbocycles. The number of fused-ring (bicyclic) bond motifs is 9. The van der Waals surface area contributed by atoms with Gasteiger partial charge in [0.1, 0.15) is 16.7 Å². The second-order valence-electron chi connectivity index (χ2n) is 12.4. The van der Waals surface area contributed by atoms with Crippen molar-refractivity contribution in [3.05, 3.63) is 170 Å². The number of benzene rings is 8. The van der Waals surface area contributed by atoms with Crippen molar-refractivity contribution in [1.29, 1.82) is 0 Å². The van der Waals surface area contributed by atoms with Gasteiger partial charge in [-0.15, -0.1) is 0 Å². The molecule has 10 aromatic rings. The largest absolute Gasteiger partial charge is 0.456 e. The highest BCUT2D eigenvalue weighted by molar-refractivity contribution is 6.22. The highest BCUT2D eigenvalue weighted by Gasteiger charge is 2.19. The topological polar surface area (TPSA) is 42.4 Å². The lowest BCUT2D eigenvalue weighted by molar-refractivity contribution is 0.623. The first-order valence-electron chi connectivity index (χ1n) is 16.5. The molecule has 0 radical (unpaired) electrons. The number of furan rings is 1. The molecule has 2 heterocycles. The van der Waals surface area contributed by atoms with Gasteiger partial charge in [-0.2, -0.15) is 0 Å². The van der Waals surface area contributed by atoms with Crippen molar-refractivity contribution in [2.24, 2.45) is 0 Å². The third-order valence-corrected chi connectivity index (χ3v) is 9.49. The zero-order valence-corrected chi connectivity index (χ0v) is 26.4. The molecule has 4 heteroatoms. The Kier molecular flexibility index (Phi) is 6.15. The van der Waals surface area contributed by atoms with Gasteiger partial charge in [-0.1, -0.05) is 109 Å². The zero-order chi connectivity index (χ0) is 32.3. The Bertz CT molecular complexity index is 2740. The maximum Gasteiger partial charge on any atom is 0.227 e. The third kappa shape index (κ3) is 4.49. The Labute approximate surface area is 282 Å². The quantitative estimate of drug-likeness (QED) is 0.178. The molecule has 4 nitrogen and oxygen atoms in total. The van der Waals surface area contributed by atoms with Crippen molar-refractivity contribution >= 4 is 71.6 Å². The maximum absolute atomic E-state index is 6.55. The number of nitrogens with zero attached hydrogens (tertiary/aromatic N) is 2. The van der Waals surface area contributed by atoms with Gasteiger partial charge in [0.15, 0.2) is 5.58 Å². The Balaban J connectivity index is 1.10. The van der Waals surface area contributed by atoms with E-state index in [0.717, 1.165) is 66.4 Å². The smallest absolute Gasteiger partial charge is 0.227 e. The monoisotopic (exact) mass is 628 g/mol. The first-order chi connectivity index (χ1) is 24.3. The van der Waals surface area contributed by atoms with E-state index in [1.165, 1.54) is 21.9 Å². The molecule has 49 heavy (non-hydrogen) atoms. The average molecular weight is 629 g/mol. The van der Waals surface area contributed by atoms with E-state index in [4.69, 9.17) is 13.8 Å². The zero-order valence-electron chi connectivity index (χ0n) is 26.4. The molecule has 0 aliphatic carbocycles. The highest BCUT2D eigenvalue weighted by atomic mass is 16.3. The molecule has 10 rings (SSSR count). The van der Waals surface area contributed by atoms with E-state index in [2.05, 4.69) is 157 Å². The van der Waals surface area contributed by atoms with Crippen LogP contribution in [-0.4, -0.2) is 4.98 Å². The van der Waals surface area contributed by atoms with E-state index >= 15 is 0 Å². The Hall–Kier alpha value is -6.65. The van der Waals surface area contributed by atoms with Gasteiger partial charge in [-0.3, -0.25) is 0 Å². The lowest BCUT2D eigenvalue weighted by Crippen LogP contribution is -2.09. The molecule has 0 aliphatic rings. The molecule has 0 atom stereocenters. The minimum Gasteiger partial charge on any atom is -0.456 e. The van der Waals surface area contributed by atoms with Gasteiger partial charge in [0.25, 0.3) is 0 Å². The van der Waals surface area contributed by atoms with Gasteiger partial charge < -0.3 is 13.7 Å². The van der Waals surface area contributed by atoms with Crippen LogP contribution in [0.15, 0.2) is 179 Å². The summed E-state index contributed by atoms with van der Waals surface area (Å²) in [7, 11) is 0. The molecular formula is C45H28N2O2. The van der Waals surface area contributed by atoms with Crippen LogP contribution < -0.4 is 4.90 Å². The van der Waals surface area contributed by atoms with Crippen molar-refractivity contribution in [3.63, 3.8) is 0 Å². The van der Waals surface area contributed by atoms with E-state index in [1.54, 1.807) is 0 Å². The second-order valence-corrected chi connectivity index (χ2v) is 12.4. The molecule has 0 saturated heterocycles. The molecule has 230 valence electrons. The Morgan fingerprint density at radius 1 is 0.367 bits per heavy atom. The van der Waals surface area contributed by atoms with Gasteiger partial charge in [-0.05, 0) is 82.6 Å². The minimum absolute atomic E-state index is 0.605. The van der Waals surface area contributed by atoms with Crippen LogP contribution in [0.5, 0.6) is 0 Å². The SMILES string of the molecule is c1ccc(-c2ccc(N(c3ccc(-c4nc5c6ccccc6c6ccccc6c5o4)cc3)c3ccc4oc5ccccc5c4c3)cc2)cc1. The van der Waals surface area contributed by atoms with Crippen molar-refractivity contribution < 1.29 is 8.83 Å². The standard InChI is InChI=1S/C45H28N2O2/c1-2-10-29(11-3-1)30-18-22-32(23-19-30)47(34-26-27-42-40(28-34)37-14-8-9-17-41(37)48-42)33-24-20-31(21-25-33)45-46-43-38-15-6-4-12-35(38)36-13-5-7-16-39(36)44(43)49-45/h1-28H. The first-order valence-corrected chi connectivity index (χ1v) is 16.5. The van der Waals surface area contributed by atoms with Gasteiger partial charge >= 0.3 is 0 Å². The van der Waals surface area contributed by atoms with Gasteiger partial charge in [-0.25, -0.2) is 4.98 Å². The summed E-state index contributed by atoms with van der Waals surface area (Å²) >= 11 is 0. The van der Waals surface area contributed by atoms with Crippen LogP contribution in [-0.2, 0) is 0 Å². The number of para-hydroxylation sites is 1. The average Bonchev–Trinajstić information content (AvgIpc) is 3.79. The van der Waals surface area contributed by atoms with Crippen molar-refractivity contribution in [2.45, 2.75) is 0 Å². The fraction of sp³-hybridized carbons (Fsp3) is 0. The molecule has 0 spiro atoms. The van der Waals surface area contributed by atoms with Crippen LogP contribution >= 0.6 is 0 Å². The number of anilines is 3. The van der Waals surface area contributed by atoms with Gasteiger partial charge in [0.2, 0.25) is 5.89 Å². The summed E-state index contributed by atoms with van der Waals surface area (Å²) < 4.78 is 12.7. The first kappa shape index (κ1) is 27.5. The molecule has 0 fully saturated rings. The Morgan fingerprint density at radius 3 is 1.63 bits per heavy atom. The molecule has 0 amide bonds. The predicted molar refractivity (Wildman–Crippen MR) is 202 cm³/mol. The van der Waals surface area contributed by atoms with Gasteiger partial charge in [0.05, 0.1) is 0 Å². The number of hydrogen-bond donors (Lipinski definition) is 0. The normalized spacial score (nSPS) is 11.7. The molecule has 8 aromatic carbocycles.